The maximum atomic E-state index is 11.9. The van der Waals surface area contributed by atoms with Crippen LogP contribution in [0.2, 0.25) is 0 Å². The first-order valence-electron chi connectivity index (χ1n) is 5.44. The predicted molar refractivity (Wildman–Crippen MR) is 65.4 cm³/mol. The van der Waals surface area contributed by atoms with E-state index in [1.807, 2.05) is 24.3 Å². The maximum Gasteiger partial charge on any atom is 0.322 e. The summed E-state index contributed by atoms with van der Waals surface area (Å²) in [5.74, 6) is 0. The zero-order valence-electron chi connectivity index (χ0n) is 9.66. The van der Waals surface area contributed by atoms with Gasteiger partial charge in [-0.25, -0.2) is 4.79 Å². The number of nitrogen functional groups attached to an aromatic ring is 1. The van der Waals surface area contributed by atoms with Gasteiger partial charge in [0.15, 0.2) is 0 Å². The lowest BCUT2D eigenvalue weighted by atomic mass is 9.95. The van der Waals surface area contributed by atoms with Gasteiger partial charge >= 0.3 is 6.03 Å². The van der Waals surface area contributed by atoms with E-state index in [0.29, 0.717) is 5.69 Å². The van der Waals surface area contributed by atoms with Crippen molar-refractivity contribution >= 4 is 17.4 Å². The minimum atomic E-state index is -0.171. The maximum absolute atomic E-state index is 11.9. The van der Waals surface area contributed by atoms with E-state index >= 15 is 0 Å². The van der Waals surface area contributed by atoms with Gasteiger partial charge in [0.2, 0.25) is 0 Å². The molecule has 1 fully saturated rings. The molecule has 0 unspecified atom stereocenters. The van der Waals surface area contributed by atoms with Crippen LogP contribution in [0, 0.1) is 0 Å². The number of nitrogens with two attached hydrogens (primary N) is 1. The lowest BCUT2D eigenvalue weighted by Gasteiger charge is -2.42. The number of benzene rings is 1. The van der Waals surface area contributed by atoms with Gasteiger partial charge < -0.3 is 11.1 Å². The number of urea groups is 1. The zero-order valence-corrected chi connectivity index (χ0v) is 9.66. The standard InChI is InChI=1S/C12H17N3O/c1-12(2)6-7-14-11(16)15(12)10-5-3-4-9(13)8-10/h3-5,8H,6-7,13H2,1-2H3,(H,14,16). The van der Waals surface area contributed by atoms with E-state index in [4.69, 9.17) is 5.73 Å². The summed E-state index contributed by atoms with van der Waals surface area (Å²) in [5, 5.41) is 2.85. The van der Waals surface area contributed by atoms with Crippen LogP contribution in [0.4, 0.5) is 16.2 Å². The van der Waals surface area contributed by atoms with Crippen molar-refractivity contribution in [2.45, 2.75) is 25.8 Å². The van der Waals surface area contributed by atoms with E-state index in [2.05, 4.69) is 19.2 Å². The molecule has 0 atom stereocenters. The van der Waals surface area contributed by atoms with Crippen molar-refractivity contribution in [2.24, 2.45) is 0 Å². The molecule has 3 N–H and O–H groups in total. The van der Waals surface area contributed by atoms with Gasteiger partial charge in [0, 0.05) is 23.5 Å². The van der Waals surface area contributed by atoms with Crippen LogP contribution in [0.5, 0.6) is 0 Å². The Morgan fingerprint density at radius 3 is 2.81 bits per heavy atom. The Bertz CT molecular complexity index is 414. The zero-order chi connectivity index (χ0) is 11.8. The molecule has 1 aromatic carbocycles. The average molecular weight is 219 g/mol. The van der Waals surface area contributed by atoms with Crippen molar-refractivity contribution < 1.29 is 4.79 Å². The monoisotopic (exact) mass is 219 g/mol. The van der Waals surface area contributed by atoms with Crippen molar-refractivity contribution in [3.63, 3.8) is 0 Å². The molecule has 0 radical (unpaired) electrons. The molecule has 0 spiro atoms. The largest absolute Gasteiger partial charge is 0.399 e. The topological polar surface area (TPSA) is 58.4 Å². The fraction of sp³-hybridized carbons (Fsp3) is 0.417. The number of carbonyl (C=O) groups is 1. The Morgan fingerprint density at radius 2 is 2.19 bits per heavy atom. The van der Waals surface area contributed by atoms with Crippen LogP contribution < -0.4 is 16.0 Å². The van der Waals surface area contributed by atoms with Crippen LogP contribution >= 0.6 is 0 Å². The van der Waals surface area contributed by atoms with Crippen LogP contribution in [0.3, 0.4) is 0 Å². The molecule has 0 bridgehead atoms. The molecule has 1 heterocycles. The first-order chi connectivity index (χ1) is 7.50. The van der Waals surface area contributed by atoms with E-state index in [1.165, 1.54) is 0 Å². The molecule has 0 saturated carbocycles. The highest BCUT2D eigenvalue weighted by atomic mass is 16.2. The molecule has 0 aromatic heterocycles. The van der Waals surface area contributed by atoms with Crippen LogP contribution in [-0.4, -0.2) is 18.1 Å². The van der Waals surface area contributed by atoms with Crippen molar-refractivity contribution in [3.05, 3.63) is 24.3 Å². The minimum absolute atomic E-state index is 0.0538. The Balaban J connectivity index is 2.40. The van der Waals surface area contributed by atoms with Gasteiger partial charge in [-0.05, 0) is 38.5 Å². The summed E-state index contributed by atoms with van der Waals surface area (Å²) in [6.45, 7) is 4.86. The fourth-order valence-corrected chi connectivity index (χ4v) is 2.07. The summed E-state index contributed by atoms with van der Waals surface area (Å²) in [5.41, 5.74) is 7.09. The minimum Gasteiger partial charge on any atom is -0.399 e. The lowest BCUT2D eigenvalue weighted by molar-refractivity contribution is 0.230. The number of anilines is 2. The van der Waals surface area contributed by atoms with Gasteiger partial charge in [-0.2, -0.15) is 0 Å². The number of rotatable bonds is 1. The van der Waals surface area contributed by atoms with Gasteiger partial charge in [-0.15, -0.1) is 0 Å². The molecule has 1 saturated heterocycles. The molecule has 4 heteroatoms. The van der Waals surface area contributed by atoms with Gasteiger partial charge in [-0.1, -0.05) is 6.07 Å². The second-order valence-electron chi connectivity index (χ2n) is 4.72. The van der Waals surface area contributed by atoms with Gasteiger partial charge in [0.1, 0.15) is 0 Å². The number of nitrogens with one attached hydrogen (secondary N) is 1. The second-order valence-corrected chi connectivity index (χ2v) is 4.72. The molecule has 4 nitrogen and oxygen atoms in total. The molecular formula is C12H17N3O. The summed E-state index contributed by atoms with van der Waals surface area (Å²) in [4.78, 5) is 13.7. The summed E-state index contributed by atoms with van der Waals surface area (Å²) >= 11 is 0. The molecule has 2 amide bonds. The molecule has 1 aromatic rings. The van der Waals surface area contributed by atoms with Crippen LogP contribution in [0.25, 0.3) is 0 Å². The summed E-state index contributed by atoms with van der Waals surface area (Å²) in [6.07, 6.45) is 0.924. The SMILES string of the molecule is CC1(C)CCNC(=O)N1c1cccc(N)c1. The Kier molecular flexibility index (Phi) is 2.50. The molecule has 1 aliphatic rings. The van der Waals surface area contributed by atoms with E-state index < -0.39 is 0 Å². The first-order valence-corrected chi connectivity index (χ1v) is 5.44. The number of carbonyl (C=O) groups excluding carboxylic acids is 1. The number of nitrogens with zero attached hydrogens (tertiary/aromatic N) is 1. The third kappa shape index (κ3) is 1.83. The third-order valence-corrected chi connectivity index (χ3v) is 2.95. The van der Waals surface area contributed by atoms with Crippen molar-refractivity contribution in [1.82, 2.24) is 5.32 Å². The Morgan fingerprint density at radius 1 is 1.44 bits per heavy atom. The third-order valence-electron chi connectivity index (χ3n) is 2.95. The molecule has 2 rings (SSSR count). The summed E-state index contributed by atoms with van der Waals surface area (Å²) in [6, 6.07) is 7.36. The Hall–Kier alpha value is -1.71. The number of hydrogen-bond donors (Lipinski definition) is 2. The highest BCUT2D eigenvalue weighted by Crippen LogP contribution is 2.29. The van der Waals surface area contributed by atoms with Gasteiger partial charge in [-0.3, -0.25) is 4.90 Å². The molecule has 0 aliphatic carbocycles. The van der Waals surface area contributed by atoms with E-state index in [1.54, 1.807) is 4.90 Å². The smallest absolute Gasteiger partial charge is 0.322 e. The highest BCUT2D eigenvalue weighted by Gasteiger charge is 2.35. The van der Waals surface area contributed by atoms with Gasteiger partial charge in [0.25, 0.3) is 0 Å². The lowest BCUT2D eigenvalue weighted by Crippen LogP contribution is -2.58. The van der Waals surface area contributed by atoms with Crippen LogP contribution in [0.15, 0.2) is 24.3 Å². The molecule has 1 aliphatic heterocycles. The van der Waals surface area contributed by atoms with Crippen molar-refractivity contribution in [1.29, 1.82) is 0 Å². The fourth-order valence-electron chi connectivity index (χ4n) is 2.07. The van der Waals surface area contributed by atoms with Crippen molar-refractivity contribution in [3.8, 4) is 0 Å². The molecule has 16 heavy (non-hydrogen) atoms. The number of hydrogen-bond acceptors (Lipinski definition) is 2. The van der Waals surface area contributed by atoms with E-state index in [0.717, 1.165) is 18.7 Å². The normalized spacial score (nSPS) is 19.4. The number of amides is 2. The average Bonchev–Trinajstić information content (AvgIpc) is 2.15. The molecule has 86 valence electrons. The van der Waals surface area contributed by atoms with E-state index in [9.17, 15) is 4.79 Å². The summed E-state index contributed by atoms with van der Waals surface area (Å²) in [7, 11) is 0. The highest BCUT2D eigenvalue weighted by molar-refractivity contribution is 5.94. The van der Waals surface area contributed by atoms with Crippen LogP contribution in [-0.2, 0) is 0 Å². The van der Waals surface area contributed by atoms with Crippen LogP contribution in [0.1, 0.15) is 20.3 Å². The predicted octanol–water partition coefficient (Wildman–Crippen LogP) is 1.97. The summed E-state index contributed by atoms with van der Waals surface area (Å²) < 4.78 is 0. The first kappa shape index (κ1) is 10.8. The Labute approximate surface area is 95.4 Å². The van der Waals surface area contributed by atoms with Gasteiger partial charge in [0.05, 0.1) is 0 Å². The van der Waals surface area contributed by atoms with Crippen molar-refractivity contribution in [2.75, 3.05) is 17.2 Å². The van der Waals surface area contributed by atoms with E-state index in [-0.39, 0.29) is 11.6 Å². The molecular weight excluding hydrogens is 202 g/mol. The quantitative estimate of drug-likeness (QED) is 0.709. The second kappa shape index (κ2) is 3.70.